The summed E-state index contributed by atoms with van der Waals surface area (Å²) in [6, 6.07) is 9.67. The van der Waals surface area contributed by atoms with Gasteiger partial charge in [0.25, 0.3) is 11.4 Å². The van der Waals surface area contributed by atoms with E-state index in [9.17, 15) is 0 Å². The van der Waals surface area contributed by atoms with Crippen LogP contribution >= 0.6 is 0 Å². The molecule has 0 saturated heterocycles. The normalized spacial score (nSPS) is 20.8. The molecule has 1 aromatic rings. The third kappa shape index (κ3) is 2.84. The quantitative estimate of drug-likeness (QED) is 0.602. The van der Waals surface area contributed by atoms with Gasteiger partial charge in [-0.1, -0.05) is 26.0 Å². The molecule has 0 aromatic heterocycles. The van der Waals surface area contributed by atoms with Crippen molar-refractivity contribution in [2.45, 2.75) is 67.5 Å². The zero-order valence-corrected chi connectivity index (χ0v) is 14.4. The second-order valence-electron chi connectivity index (χ2n) is 5.60. The molecule has 0 spiro atoms. The van der Waals surface area contributed by atoms with Crippen LogP contribution in [0.5, 0.6) is 0 Å². The number of hydrogen-bond donors (Lipinski definition) is 0. The minimum atomic E-state index is 0.486. The predicted octanol–water partition coefficient (Wildman–Crippen LogP) is 4.75. The highest BCUT2D eigenvalue weighted by molar-refractivity contribution is 5.78. The predicted molar refractivity (Wildman–Crippen MR) is 89.3 cm³/mol. The molecule has 2 heteroatoms. The Bertz CT molecular complexity index is 481. The van der Waals surface area contributed by atoms with E-state index >= 15 is 0 Å². The molecule has 1 heterocycles. The summed E-state index contributed by atoms with van der Waals surface area (Å²) in [5.41, 5.74) is 5.36. The van der Waals surface area contributed by atoms with Crippen LogP contribution in [0.25, 0.3) is 0 Å². The molecule has 1 aliphatic heterocycles. The van der Waals surface area contributed by atoms with Gasteiger partial charge in [0.1, 0.15) is 0 Å². The fourth-order valence-electron chi connectivity index (χ4n) is 3.04. The lowest BCUT2D eigenvalue weighted by molar-refractivity contribution is -0.607. The van der Waals surface area contributed by atoms with Gasteiger partial charge in [0, 0.05) is 53.7 Å². The SMILES string of the molecule is CC.CC(C)=[N+]1c2ccccc2[N+](=C(C)C)C(C)C1C. The molecule has 20 heavy (non-hydrogen) atoms. The van der Waals surface area contributed by atoms with Gasteiger partial charge < -0.3 is 0 Å². The van der Waals surface area contributed by atoms with E-state index < -0.39 is 0 Å². The topological polar surface area (TPSA) is 6.02 Å². The van der Waals surface area contributed by atoms with Gasteiger partial charge in [-0.3, -0.25) is 0 Å². The molecule has 2 atom stereocenters. The zero-order chi connectivity index (χ0) is 15.4. The van der Waals surface area contributed by atoms with Crippen LogP contribution in [-0.2, 0) is 0 Å². The average molecular weight is 274 g/mol. The molecule has 1 aliphatic rings. The van der Waals surface area contributed by atoms with Crippen LogP contribution in [0.3, 0.4) is 0 Å². The molecule has 2 rings (SSSR count). The van der Waals surface area contributed by atoms with E-state index in [4.69, 9.17) is 0 Å². The van der Waals surface area contributed by atoms with Crippen LogP contribution < -0.4 is 0 Å². The van der Waals surface area contributed by atoms with Crippen LogP contribution in [0, 0.1) is 0 Å². The van der Waals surface area contributed by atoms with Gasteiger partial charge >= 0.3 is 0 Å². The molecule has 0 aliphatic carbocycles. The van der Waals surface area contributed by atoms with Crippen molar-refractivity contribution >= 4 is 22.8 Å². The highest BCUT2D eigenvalue weighted by Gasteiger charge is 2.43. The largest absolute Gasteiger partial charge is 0.277 e. The highest BCUT2D eigenvalue weighted by atomic mass is 15.2. The van der Waals surface area contributed by atoms with Gasteiger partial charge in [0.15, 0.2) is 11.4 Å². The van der Waals surface area contributed by atoms with Gasteiger partial charge in [0.2, 0.25) is 12.1 Å². The summed E-state index contributed by atoms with van der Waals surface area (Å²) in [7, 11) is 0. The van der Waals surface area contributed by atoms with E-state index in [0.717, 1.165) is 0 Å². The van der Waals surface area contributed by atoms with E-state index in [1.807, 2.05) is 13.8 Å². The number of rotatable bonds is 0. The van der Waals surface area contributed by atoms with Crippen molar-refractivity contribution in [3.05, 3.63) is 24.3 Å². The van der Waals surface area contributed by atoms with Crippen molar-refractivity contribution in [2.75, 3.05) is 0 Å². The molecular weight excluding hydrogens is 244 g/mol. The Labute approximate surface area is 124 Å². The molecule has 0 radical (unpaired) electrons. The van der Waals surface area contributed by atoms with E-state index in [-0.39, 0.29) is 0 Å². The highest BCUT2D eigenvalue weighted by Crippen LogP contribution is 2.35. The third-order valence-electron chi connectivity index (χ3n) is 3.88. The first-order chi connectivity index (χ1) is 9.45. The molecular formula is C18H30N2+2. The first-order valence-corrected chi connectivity index (χ1v) is 7.73. The summed E-state index contributed by atoms with van der Waals surface area (Å²) in [6.07, 6.45) is 0. The van der Waals surface area contributed by atoms with Gasteiger partial charge in [-0.05, 0) is 0 Å². The fourth-order valence-corrected chi connectivity index (χ4v) is 3.04. The third-order valence-corrected chi connectivity index (χ3v) is 3.88. The smallest absolute Gasteiger partial charge is 0.185 e. The lowest BCUT2D eigenvalue weighted by atomic mass is 10.0. The Balaban J connectivity index is 0.000000956. The average Bonchev–Trinajstić information content (AvgIpc) is 2.41. The molecule has 110 valence electrons. The van der Waals surface area contributed by atoms with Crippen molar-refractivity contribution < 1.29 is 9.15 Å². The monoisotopic (exact) mass is 274 g/mol. The lowest BCUT2D eigenvalue weighted by Crippen LogP contribution is -2.44. The van der Waals surface area contributed by atoms with Crippen LogP contribution in [0.1, 0.15) is 55.4 Å². The Hall–Kier alpha value is -1.44. The molecule has 0 N–H and O–H groups in total. The molecule has 0 bridgehead atoms. The second-order valence-corrected chi connectivity index (χ2v) is 5.60. The summed E-state index contributed by atoms with van der Waals surface area (Å²) < 4.78 is 4.92. The standard InChI is InChI=1S/C16H24N2.C2H6/c1-11(2)17-13(5)14(6)18(12(3)4)16-10-8-7-9-15(16)17;1-2/h7-10,13-14H,1-6H3;1-2H3/q+2;. The number of fused-ring (bicyclic) bond motifs is 1. The van der Waals surface area contributed by atoms with Crippen LogP contribution in [0.2, 0.25) is 0 Å². The van der Waals surface area contributed by atoms with Crippen molar-refractivity contribution in [2.24, 2.45) is 0 Å². The Morgan fingerprint density at radius 2 is 1.05 bits per heavy atom. The number of hydrogen-bond acceptors (Lipinski definition) is 0. The Morgan fingerprint density at radius 1 is 0.750 bits per heavy atom. The molecule has 1 aromatic carbocycles. The minimum Gasteiger partial charge on any atom is -0.185 e. The van der Waals surface area contributed by atoms with Crippen LogP contribution in [0.4, 0.5) is 11.4 Å². The summed E-state index contributed by atoms with van der Waals surface area (Å²) >= 11 is 0. The van der Waals surface area contributed by atoms with Gasteiger partial charge in [-0.25, -0.2) is 0 Å². The molecule has 0 fully saturated rings. The maximum Gasteiger partial charge on any atom is 0.277 e. The first-order valence-electron chi connectivity index (χ1n) is 7.73. The summed E-state index contributed by atoms with van der Waals surface area (Å²) in [5, 5.41) is 0. The number of nitrogens with zero attached hydrogens (tertiary/aromatic N) is 2. The lowest BCUT2D eigenvalue weighted by Gasteiger charge is -2.25. The molecule has 0 saturated carbocycles. The Morgan fingerprint density at radius 3 is 1.30 bits per heavy atom. The maximum atomic E-state index is 2.46. The van der Waals surface area contributed by atoms with Crippen LogP contribution in [-0.4, -0.2) is 32.7 Å². The second kappa shape index (κ2) is 6.83. The number of benzene rings is 1. The summed E-state index contributed by atoms with van der Waals surface area (Å²) in [5.74, 6) is 0. The maximum absolute atomic E-state index is 2.46. The van der Waals surface area contributed by atoms with Crippen molar-refractivity contribution in [3.63, 3.8) is 0 Å². The van der Waals surface area contributed by atoms with Crippen molar-refractivity contribution in [1.82, 2.24) is 0 Å². The Kier molecular flexibility index (Phi) is 5.67. The minimum absolute atomic E-state index is 0.486. The molecule has 2 unspecified atom stereocenters. The van der Waals surface area contributed by atoms with E-state index in [2.05, 4.69) is 75.0 Å². The van der Waals surface area contributed by atoms with E-state index in [1.165, 1.54) is 22.8 Å². The van der Waals surface area contributed by atoms with E-state index in [0.29, 0.717) is 12.1 Å². The first kappa shape index (κ1) is 16.6. The van der Waals surface area contributed by atoms with Crippen LogP contribution in [0.15, 0.2) is 24.3 Å². The summed E-state index contributed by atoms with van der Waals surface area (Å²) in [4.78, 5) is 0. The summed E-state index contributed by atoms with van der Waals surface area (Å²) in [6.45, 7) is 17.4. The van der Waals surface area contributed by atoms with Gasteiger partial charge in [-0.2, -0.15) is 9.15 Å². The fraction of sp³-hybridized carbons (Fsp3) is 0.556. The molecule has 0 amide bonds. The van der Waals surface area contributed by atoms with Gasteiger partial charge in [0.05, 0.1) is 0 Å². The molecule has 2 nitrogen and oxygen atoms in total. The van der Waals surface area contributed by atoms with Gasteiger partial charge in [-0.15, -0.1) is 0 Å². The number of para-hydroxylation sites is 2. The van der Waals surface area contributed by atoms with Crippen molar-refractivity contribution in [1.29, 1.82) is 0 Å². The van der Waals surface area contributed by atoms with E-state index in [1.54, 1.807) is 0 Å². The zero-order valence-electron chi connectivity index (χ0n) is 14.4. The van der Waals surface area contributed by atoms with Crippen molar-refractivity contribution in [3.8, 4) is 0 Å².